The van der Waals surface area contributed by atoms with Crippen molar-refractivity contribution in [2.24, 2.45) is 5.92 Å². The maximum absolute atomic E-state index is 12.9. The first kappa shape index (κ1) is 24.0. The molecule has 1 atom stereocenters. The number of alkyl halides is 3. The zero-order valence-corrected chi connectivity index (χ0v) is 19.8. The van der Waals surface area contributed by atoms with Crippen LogP contribution in [0.5, 0.6) is 5.75 Å². The van der Waals surface area contributed by atoms with E-state index in [9.17, 15) is 18.0 Å². The van der Waals surface area contributed by atoms with Crippen molar-refractivity contribution in [3.8, 4) is 27.7 Å². The molecule has 0 fully saturated rings. The number of aryl methyl sites for hydroxylation is 1. The fourth-order valence-electron chi connectivity index (χ4n) is 3.34. The van der Waals surface area contributed by atoms with Gasteiger partial charge in [-0.3, -0.25) is 9.51 Å². The van der Waals surface area contributed by atoms with Crippen molar-refractivity contribution in [3.05, 3.63) is 74.2 Å². The Hall–Kier alpha value is -3.11. The second-order valence-corrected chi connectivity index (χ2v) is 9.35. The average molecular weight is 510 g/mol. The van der Waals surface area contributed by atoms with E-state index in [0.717, 1.165) is 22.7 Å². The van der Waals surface area contributed by atoms with Crippen molar-refractivity contribution in [1.29, 1.82) is 0 Å². The number of aromatic amines is 1. The Morgan fingerprint density at radius 2 is 1.85 bits per heavy atom. The van der Waals surface area contributed by atoms with Crippen LogP contribution < -0.4 is 10.5 Å². The minimum atomic E-state index is -4.39. The molecular formula is C23H19ClF3N3O3S. The highest BCUT2D eigenvalue weighted by Gasteiger charge is 2.30. The zero-order valence-electron chi connectivity index (χ0n) is 18.2. The number of nitrogens with zero attached hydrogens (tertiary/aromatic N) is 2. The van der Waals surface area contributed by atoms with Crippen molar-refractivity contribution < 1.29 is 22.4 Å². The molecule has 0 spiro atoms. The normalized spacial score (nSPS) is 12.8. The summed E-state index contributed by atoms with van der Waals surface area (Å²) < 4.78 is 49.4. The molecule has 0 aliphatic heterocycles. The SMILES string of the molecule is Cc1nc(-c2ccc(C(F)(F)F)cc2)sc1C(Oc1ccc(-c2noc(=O)[nH]2)c(Cl)c1)C(C)C. The van der Waals surface area contributed by atoms with E-state index in [2.05, 4.69) is 19.6 Å². The summed E-state index contributed by atoms with van der Waals surface area (Å²) in [6.07, 6.45) is -4.76. The van der Waals surface area contributed by atoms with E-state index >= 15 is 0 Å². The molecule has 0 saturated heterocycles. The Kier molecular flexibility index (Phi) is 6.55. The summed E-state index contributed by atoms with van der Waals surface area (Å²) in [5, 5.41) is 4.56. The van der Waals surface area contributed by atoms with E-state index in [1.54, 1.807) is 18.2 Å². The molecule has 6 nitrogen and oxygen atoms in total. The molecule has 2 aromatic heterocycles. The molecule has 0 radical (unpaired) electrons. The predicted octanol–water partition coefficient (Wildman–Crippen LogP) is 6.91. The molecule has 4 rings (SSSR count). The van der Waals surface area contributed by atoms with Crippen molar-refractivity contribution >= 4 is 22.9 Å². The summed E-state index contributed by atoms with van der Waals surface area (Å²) in [7, 11) is 0. The lowest BCUT2D eigenvalue weighted by molar-refractivity contribution is -0.137. The Morgan fingerprint density at radius 1 is 1.15 bits per heavy atom. The monoisotopic (exact) mass is 509 g/mol. The Morgan fingerprint density at radius 3 is 2.41 bits per heavy atom. The molecule has 11 heteroatoms. The molecule has 0 amide bonds. The summed E-state index contributed by atoms with van der Waals surface area (Å²) in [5.74, 6) is 0.0874. The van der Waals surface area contributed by atoms with Crippen LogP contribution in [-0.4, -0.2) is 15.1 Å². The number of benzene rings is 2. The number of rotatable bonds is 6. The summed E-state index contributed by atoms with van der Waals surface area (Å²) in [5.41, 5.74) is 1.12. The van der Waals surface area contributed by atoms with Crippen LogP contribution >= 0.6 is 22.9 Å². The third-order valence-corrected chi connectivity index (χ3v) is 6.64. The van der Waals surface area contributed by atoms with Crippen LogP contribution in [0.4, 0.5) is 13.2 Å². The van der Waals surface area contributed by atoms with Crippen LogP contribution in [0.15, 0.2) is 51.8 Å². The first-order valence-corrected chi connectivity index (χ1v) is 11.4. The Balaban J connectivity index is 1.60. The van der Waals surface area contributed by atoms with Gasteiger partial charge in [0.05, 0.1) is 21.2 Å². The van der Waals surface area contributed by atoms with E-state index in [1.807, 2.05) is 20.8 Å². The molecular weight excluding hydrogens is 491 g/mol. The number of ether oxygens (including phenoxy) is 1. The molecule has 2 aromatic carbocycles. The molecule has 4 aromatic rings. The second kappa shape index (κ2) is 9.27. The number of halogens is 4. The van der Waals surface area contributed by atoms with Gasteiger partial charge in [-0.2, -0.15) is 13.2 Å². The molecule has 2 heterocycles. The summed E-state index contributed by atoms with van der Waals surface area (Å²) in [6, 6.07) is 9.92. The lowest BCUT2D eigenvalue weighted by atomic mass is 10.0. The van der Waals surface area contributed by atoms with Gasteiger partial charge in [0.25, 0.3) is 0 Å². The molecule has 1 unspecified atom stereocenters. The van der Waals surface area contributed by atoms with Crippen molar-refractivity contribution in [2.45, 2.75) is 33.1 Å². The fourth-order valence-corrected chi connectivity index (χ4v) is 4.88. The van der Waals surface area contributed by atoms with Gasteiger partial charge in [-0.05, 0) is 43.2 Å². The molecule has 178 valence electrons. The van der Waals surface area contributed by atoms with Gasteiger partial charge in [0, 0.05) is 11.1 Å². The zero-order chi connectivity index (χ0) is 24.6. The standard InChI is InChI=1S/C23H19ClF3N3O3S/c1-11(2)18(32-15-8-9-16(17(24)10-15)20-29-22(31)33-30-20)19-12(3)28-21(34-19)13-4-6-14(7-5-13)23(25,26)27/h4-11,18H,1-3H3,(H,29,30,31). The molecule has 0 aliphatic carbocycles. The van der Waals surface area contributed by atoms with Crippen LogP contribution in [0.2, 0.25) is 5.02 Å². The van der Waals surface area contributed by atoms with Crippen LogP contribution in [0.1, 0.15) is 36.1 Å². The van der Waals surface area contributed by atoms with Gasteiger partial charge in [-0.25, -0.2) is 9.78 Å². The van der Waals surface area contributed by atoms with E-state index in [0.29, 0.717) is 26.9 Å². The molecule has 0 bridgehead atoms. The fraction of sp³-hybridized carbons (Fsp3) is 0.261. The van der Waals surface area contributed by atoms with E-state index in [1.165, 1.54) is 23.5 Å². The lowest BCUT2D eigenvalue weighted by Gasteiger charge is -2.22. The third kappa shape index (κ3) is 5.02. The number of hydrogen-bond acceptors (Lipinski definition) is 6. The summed E-state index contributed by atoms with van der Waals surface area (Å²) >= 11 is 7.75. The van der Waals surface area contributed by atoms with Crippen LogP contribution in [0.3, 0.4) is 0 Å². The highest BCUT2D eigenvalue weighted by Crippen LogP contribution is 2.39. The van der Waals surface area contributed by atoms with E-state index in [4.69, 9.17) is 16.3 Å². The van der Waals surface area contributed by atoms with Gasteiger partial charge in [0.15, 0.2) is 5.82 Å². The predicted molar refractivity (Wildman–Crippen MR) is 123 cm³/mol. The first-order chi connectivity index (χ1) is 16.0. The minimum Gasteiger partial charge on any atom is -0.485 e. The minimum absolute atomic E-state index is 0.0601. The number of H-pyrrole nitrogens is 1. The number of hydrogen-bond donors (Lipinski definition) is 1. The number of aromatic nitrogens is 3. The summed E-state index contributed by atoms with van der Waals surface area (Å²) in [6.45, 7) is 5.84. The number of thiazole rings is 1. The smallest absolute Gasteiger partial charge is 0.439 e. The third-order valence-electron chi connectivity index (χ3n) is 5.05. The molecule has 0 aliphatic rings. The maximum Gasteiger partial charge on any atom is 0.439 e. The quantitative estimate of drug-likeness (QED) is 0.305. The average Bonchev–Trinajstić information content (AvgIpc) is 3.37. The second-order valence-electron chi connectivity index (χ2n) is 7.91. The molecule has 0 saturated carbocycles. The van der Waals surface area contributed by atoms with Gasteiger partial charge < -0.3 is 4.74 Å². The summed E-state index contributed by atoms with van der Waals surface area (Å²) in [4.78, 5) is 19.1. The van der Waals surface area contributed by atoms with Gasteiger partial charge in [0.1, 0.15) is 16.9 Å². The largest absolute Gasteiger partial charge is 0.485 e. The molecule has 1 N–H and O–H groups in total. The van der Waals surface area contributed by atoms with E-state index in [-0.39, 0.29) is 17.8 Å². The van der Waals surface area contributed by atoms with Gasteiger partial charge in [-0.1, -0.05) is 42.7 Å². The van der Waals surface area contributed by atoms with Crippen molar-refractivity contribution in [1.82, 2.24) is 15.1 Å². The topological polar surface area (TPSA) is 81.0 Å². The van der Waals surface area contributed by atoms with E-state index < -0.39 is 17.5 Å². The van der Waals surface area contributed by atoms with Crippen molar-refractivity contribution in [3.63, 3.8) is 0 Å². The van der Waals surface area contributed by atoms with Crippen molar-refractivity contribution in [2.75, 3.05) is 0 Å². The highest BCUT2D eigenvalue weighted by atomic mass is 35.5. The van der Waals surface area contributed by atoms with Gasteiger partial charge in [-0.15, -0.1) is 11.3 Å². The number of nitrogens with one attached hydrogen (secondary N) is 1. The van der Waals surface area contributed by atoms with Gasteiger partial charge in [0.2, 0.25) is 0 Å². The first-order valence-electron chi connectivity index (χ1n) is 10.2. The Bertz CT molecular complexity index is 1360. The lowest BCUT2D eigenvalue weighted by Crippen LogP contribution is -2.14. The van der Waals surface area contributed by atoms with Crippen LogP contribution in [0, 0.1) is 12.8 Å². The maximum atomic E-state index is 12.9. The van der Waals surface area contributed by atoms with Crippen LogP contribution in [0.25, 0.3) is 22.0 Å². The highest BCUT2D eigenvalue weighted by molar-refractivity contribution is 7.15. The van der Waals surface area contributed by atoms with Gasteiger partial charge >= 0.3 is 11.9 Å². The van der Waals surface area contributed by atoms with Crippen LogP contribution in [-0.2, 0) is 6.18 Å². The Labute approximate surface area is 201 Å². The molecule has 34 heavy (non-hydrogen) atoms.